The van der Waals surface area contributed by atoms with Gasteiger partial charge in [-0.15, -0.1) is 0 Å². The lowest BCUT2D eigenvalue weighted by Gasteiger charge is -2.10. The molecule has 3 rings (SSSR count). The van der Waals surface area contributed by atoms with Crippen LogP contribution < -0.4 is 29.7 Å². The summed E-state index contributed by atoms with van der Waals surface area (Å²) in [5.41, 5.74) is 3.27. The van der Waals surface area contributed by atoms with Crippen LogP contribution in [-0.4, -0.2) is 58.2 Å². The quantitative estimate of drug-likeness (QED) is 0.331. The standard InChI is InChI=1S/C21H21N3O8/c1-28-17-7-13(3-5-15(17)30-11-20(26)29-2)9-23-24-19(25)10-22-21(27)14-4-6-16-18(8-14)32-12-31-16/h3-9H,10-12H2,1-2H3,(H,22,27)(H,24,25)/b23-9-. The zero-order valence-electron chi connectivity index (χ0n) is 17.4. The van der Waals surface area contributed by atoms with Crippen LogP contribution in [0.5, 0.6) is 23.0 Å². The maximum Gasteiger partial charge on any atom is 0.343 e. The average molecular weight is 443 g/mol. The number of hydrazone groups is 1. The smallest absolute Gasteiger partial charge is 0.343 e. The predicted molar refractivity (Wildman–Crippen MR) is 111 cm³/mol. The molecular formula is C21H21N3O8. The first-order valence-electron chi connectivity index (χ1n) is 9.37. The number of carbonyl (C=O) groups excluding carboxylic acids is 3. The molecule has 2 N–H and O–H groups in total. The van der Waals surface area contributed by atoms with Gasteiger partial charge in [-0.1, -0.05) is 0 Å². The minimum Gasteiger partial charge on any atom is -0.493 e. The maximum atomic E-state index is 12.2. The number of methoxy groups -OCH3 is 2. The van der Waals surface area contributed by atoms with Crippen molar-refractivity contribution in [2.75, 3.05) is 34.2 Å². The second-order valence-corrected chi connectivity index (χ2v) is 6.32. The van der Waals surface area contributed by atoms with Gasteiger partial charge in [-0.3, -0.25) is 9.59 Å². The largest absolute Gasteiger partial charge is 0.493 e. The van der Waals surface area contributed by atoms with Crippen molar-refractivity contribution in [1.29, 1.82) is 0 Å². The highest BCUT2D eigenvalue weighted by Crippen LogP contribution is 2.32. The highest BCUT2D eigenvalue weighted by Gasteiger charge is 2.16. The molecule has 11 heteroatoms. The Bertz CT molecular complexity index is 1040. The Balaban J connectivity index is 1.48. The molecule has 0 atom stereocenters. The second-order valence-electron chi connectivity index (χ2n) is 6.32. The Morgan fingerprint density at radius 3 is 2.66 bits per heavy atom. The number of ether oxygens (including phenoxy) is 5. The van der Waals surface area contributed by atoms with Gasteiger partial charge >= 0.3 is 5.97 Å². The molecule has 0 radical (unpaired) electrons. The maximum absolute atomic E-state index is 12.2. The van der Waals surface area contributed by atoms with E-state index in [1.165, 1.54) is 20.4 Å². The Morgan fingerprint density at radius 1 is 1.06 bits per heavy atom. The predicted octanol–water partition coefficient (Wildman–Crippen LogP) is 0.856. The van der Waals surface area contributed by atoms with E-state index in [-0.39, 0.29) is 19.9 Å². The van der Waals surface area contributed by atoms with E-state index < -0.39 is 17.8 Å². The summed E-state index contributed by atoms with van der Waals surface area (Å²) in [7, 11) is 2.71. The summed E-state index contributed by atoms with van der Waals surface area (Å²) < 4.78 is 25.5. The number of nitrogens with one attached hydrogen (secondary N) is 2. The number of amides is 2. The number of nitrogens with zero attached hydrogens (tertiary/aromatic N) is 1. The number of fused-ring (bicyclic) bond motifs is 1. The van der Waals surface area contributed by atoms with Crippen LogP contribution in [0.4, 0.5) is 0 Å². The molecule has 0 unspecified atom stereocenters. The minimum absolute atomic E-state index is 0.107. The summed E-state index contributed by atoms with van der Waals surface area (Å²) in [5, 5.41) is 6.35. The Labute approximate surface area is 183 Å². The van der Waals surface area contributed by atoms with Crippen molar-refractivity contribution in [2.24, 2.45) is 5.10 Å². The van der Waals surface area contributed by atoms with Gasteiger partial charge in [0.2, 0.25) is 6.79 Å². The molecule has 1 heterocycles. The van der Waals surface area contributed by atoms with Crippen LogP contribution in [0.2, 0.25) is 0 Å². The molecule has 0 aromatic heterocycles. The Hall–Kier alpha value is -4.28. The molecule has 1 aliphatic rings. The van der Waals surface area contributed by atoms with Crippen molar-refractivity contribution in [3.05, 3.63) is 47.5 Å². The molecule has 0 fully saturated rings. The van der Waals surface area contributed by atoms with Crippen molar-refractivity contribution in [3.63, 3.8) is 0 Å². The molecule has 2 amide bonds. The third-order valence-corrected chi connectivity index (χ3v) is 4.21. The van der Waals surface area contributed by atoms with E-state index in [0.29, 0.717) is 34.1 Å². The fraction of sp³-hybridized carbons (Fsp3) is 0.238. The SMILES string of the molecule is COC(=O)COc1ccc(/C=N\NC(=O)CNC(=O)c2ccc3c(c2)OCO3)cc1OC. The third kappa shape index (κ3) is 5.88. The van der Waals surface area contributed by atoms with Gasteiger partial charge in [0.15, 0.2) is 29.6 Å². The summed E-state index contributed by atoms with van der Waals surface area (Å²) in [6.07, 6.45) is 1.39. The molecule has 2 aromatic carbocycles. The Morgan fingerprint density at radius 2 is 1.88 bits per heavy atom. The monoisotopic (exact) mass is 443 g/mol. The number of rotatable bonds is 9. The van der Waals surface area contributed by atoms with Gasteiger partial charge < -0.3 is 29.0 Å². The third-order valence-electron chi connectivity index (χ3n) is 4.21. The van der Waals surface area contributed by atoms with Crippen LogP contribution in [0.15, 0.2) is 41.5 Å². The summed E-state index contributed by atoms with van der Waals surface area (Å²) in [6.45, 7) is -0.418. The molecule has 0 spiro atoms. The zero-order chi connectivity index (χ0) is 22.9. The summed E-state index contributed by atoms with van der Waals surface area (Å²) in [4.78, 5) is 35.3. The van der Waals surface area contributed by atoms with Crippen LogP contribution in [0.3, 0.4) is 0 Å². The van der Waals surface area contributed by atoms with Crippen molar-refractivity contribution in [2.45, 2.75) is 0 Å². The molecule has 11 nitrogen and oxygen atoms in total. The molecular weight excluding hydrogens is 422 g/mol. The second kappa shape index (κ2) is 10.7. The van der Waals surface area contributed by atoms with E-state index in [1.807, 2.05) is 0 Å². The van der Waals surface area contributed by atoms with Gasteiger partial charge in [0.05, 0.1) is 27.0 Å². The molecule has 2 aromatic rings. The van der Waals surface area contributed by atoms with E-state index in [0.717, 1.165) is 0 Å². The fourth-order valence-electron chi connectivity index (χ4n) is 2.60. The molecule has 0 saturated carbocycles. The molecule has 32 heavy (non-hydrogen) atoms. The first kappa shape index (κ1) is 22.4. The van der Waals surface area contributed by atoms with Crippen molar-refractivity contribution < 1.29 is 38.1 Å². The van der Waals surface area contributed by atoms with Gasteiger partial charge in [-0.05, 0) is 42.0 Å². The number of hydrogen-bond acceptors (Lipinski definition) is 9. The highest BCUT2D eigenvalue weighted by atomic mass is 16.7. The summed E-state index contributed by atoms with van der Waals surface area (Å²) in [5.74, 6) is 0.295. The van der Waals surface area contributed by atoms with Crippen molar-refractivity contribution in [1.82, 2.24) is 10.7 Å². The van der Waals surface area contributed by atoms with E-state index in [1.54, 1.807) is 36.4 Å². The minimum atomic E-state index is -0.522. The van der Waals surface area contributed by atoms with Gasteiger partial charge in [0, 0.05) is 5.56 Å². The Kier molecular flexibility index (Phi) is 7.46. The van der Waals surface area contributed by atoms with E-state index >= 15 is 0 Å². The van der Waals surface area contributed by atoms with Gasteiger partial charge in [0.25, 0.3) is 11.8 Å². The first-order chi connectivity index (χ1) is 15.5. The number of hydrogen-bond donors (Lipinski definition) is 2. The van der Waals surface area contributed by atoms with E-state index in [9.17, 15) is 14.4 Å². The lowest BCUT2D eigenvalue weighted by Crippen LogP contribution is -2.34. The first-order valence-corrected chi connectivity index (χ1v) is 9.37. The van der Waals surface area contributed by atoms with Gasteiger partial charge in [-0.2, -0.15) is 5.10 Å². The number of esters is 1. The van der Waals surface area contributed by atoms with Crippen molar-refractivity contribution >= 4 is 24.0 Å². The van der Waals surface area contributed by atoms with Crippen LogP contribution in [-0.2, 0) is 14.3 Å². The summed E-state index contributed by atoms with van der Waals surface area (Å²) >= 11 is 0. The fourth-order valence-corrected chi connectivity index (χ4v) is 2.60. The molecule has 0 bridgehead atoms. The van der Waals surface area contributed by atoms with Crippen LogP contribution in [0.25, 0.3) is 0 Å². The molecule has 168 valence electrons. The van der Waals surface area contributed by atoms with E-state index in [4.69, 9.17) is 18.9 Å². The highest BCUT2D eigenvalue weighted by molar-refractivity contribution is 5.97. The van der Waals surface area contributed by atoms with Crippen LogP contribution >= 0.6 is 0 Å². The molecule has 0 aliphatic carbocycles. The normalized spacial score (nSPS) is 11.7. The van der Waals surface area contributed by atoms with E-state index in [2.05, 4.69) is 20.6 Å². The number of carbonyl (C=O) groups is 3. The van der Waals surface area contributed by atoms with Crippen LogP contribution in [0.1, 0.15) is 15.9 Å². The molecule has 1 aliphatic heterocycles. The average Bonchev–Trinajstić information content (AvgIpc) is 3.29. The topological polar surface area (TPSA) is 134 Å². The lowest BCUT2D eigenvalue weighted by atomic mass is 10.2. The van der Waals surface area contributed by atoms with Crippen LogP contribution in [0, 0.1) is 0 Å². The zero-order valence-corrected chi connectivity index (χ0v) is 17.4. The summed E-state index contributed by atoms with van der Waals surface area (Å²) in [6, 6.07) is 9.61. The number of benzene rings is 2. The van der Waals surface area contributed by atoms with Crippen molar-refractivity contribution in [3.8, 4) is 23.0 Å². The molecule has 0 saturated heterocycles. The lowest BCUT2D eigenvalue weighted by molar-refractivity contribution is -0.142. The van der Waals surface area contributed by atoms with Gasteiger partial charge in [0.1, 0.15) is 0 Å². The van der Waals surface area contributed by atoms with Gasteiger partial charge in [-0.25, -0.2) is 10.2 Å².